The van der Waals surface area contributed by atoms with Gasteiger partial charge in [-0.3, -0.25) is 4.57 Å². The van der Waals surface area contributed by atoms with Gasteiger partial charge in [-0.15, -0.1) is 11.3 Å². The first-order valence-corrected chi connectivity index (χ1v) is 9.82. The van der Waals surface area contributed by atoms with Crippen LogP contribution < -0.4 is 5.14 Å². The minimum atomic E-state index is -4.64. The molecule has 0 aliphatic carbocycles. The third kappa shape index (κ3) is 3.50. The Hall–Kier alpha value is -1.88. The lowest BCUT2D eigenvalue weighted by Crippen LogP contribution is -2.12. The van der Waals surface area contributed by atoms with E-state index >= 15 is 0 Å². The molecule has 26 heavy (non-hydrogen) atoms. The topological polar surface area (TPSA) is 78.0 Å². The molecule has 0 radical (unpaired) electrons. The third-order valence-electron chi connectivity index (χ3n) is 3.54. The largest absolute Gasteiger partial charge is 0.434 e. The minimum Gasteiger partial charge on any atom is -0.298 e. The number of halogens is 4. The fourth-order valence-corrected chi connectivity index (χ4v) is 4.03. The van der Waals surface area contributed by atoms with Crippen LogP contribution in [0.2, 0.25) is 5.02 Å². The molecule has 3 rings (SSSR count). The van der Waals surface area contributed by atoms with Crippen LogP contribution in [-0.4, -0.2) is 18.0 Å². The fraction of sp³-hybridized carbons (Fsp3) is 0.133. The zero-order chi connectivity index (χ0) is 19.3. The van der Waals surface area contributed by atoms with Crippen molar-refractivity contribution in [2.75, 3.05) is 0 Å². The van der Waals surface area contributed by atoms with Gasteiger partial charge in [-0.05, 0) is 42.1 Å². The molecule has 0 aliphatic heterocycles. The number of rotatable bonds is 3. The summed E-state index contributed by atoms with van der Waals surface area (Å²) in [5.41, 5.74) is -0.0676. The summed E-state index contributed by atoms with van der Waals surface area (Å²) < 4.78 is 63.3. The number of aromatic nitrogens is 2. The van der Waals surface area contributed by atoms with Gasteiger partial charge in [0.25, 0.3) is 0 Å². The van der Waals surface area contributed by atoms with Gasteiger partial charge in [0, 0.05) is 11.9 Å². The van der Waals surface area contributed by atoms with Crippen molar-refractivity contribution < 1.29 is 21.6 Å². The molecule has 1 aromatic carbocycles. The molecule has 0 aliphatic rings. The fourth-order valence-electron chi connectivity index (χ4n) is 2.25. The second-order valence-corrected chi connectivity index (χ2v) is 8.24. The van der Waals surface area contributed by atoms with Crippen LogP contribution in [0.25, 0.3) is 16.4 Å². The highest BCUT2D eigenvalue weighted by molar-refractivity contribution is 7.89. The number of alkyl halides is 3. The number of hydrogen-bond acceptors (Lipinski definition) is 4. The Morgan fingerprint density at radius 2 is 1.85 bits per heavy atom. The van der Waals surface area contributed by atoms with Crippen molar-refractivity contribution in [2.45, 2.75) is 18.0 Å². The molecular formula is C15H11ClF3N3O2S2. The van der Waals surface area contributed by atoms with E-state index < -0.39 is 21.9 Å². The summed E-state index contributed by atoms with van der Waals surface area (Å²) in [6.45, 7) is 1.74. The molecule has 11 heteroatoms. The summed E-state index contributed by atoms with van der Waals surface area (Å²) in [7, 11) is -3.91. The van der Waals surface area contributed by atoms with E-state index in [9.17, 15) is 21.6 Å². The minimum absolute atomic E-state index is 0.0174. The predicted molar refractivity (Wildman–Crippen MR) is 93.0 cm³/mol. The maximum absolute atomic E-state index is 13.1. The molecule has 5 nitrogen and oxygen atoms in total. The van der Waals surface area contributed by atoms with Crippen molar-refractivity contribution in [3.05, 3.63) is 52.1 Å². The van der Waals surface area contributed by atoms with Crippen LogP contribution in [0.3, 0.4) is 0 Å². The first kappa shape index (κ1) is 18.9. The third-order valence-corrected chi connectivity index (χ3v) is 6.16. The monoisotopic (exact) mass is 421 g/mol. The Labute approximate surface area is 155 Å². The number of nitrogens with zero attached hydrogens (tertiary/aromatic N) is 2. The molecule has 0 unspecified atom stereocenters. The van der Waals surface area contributed by atoms with Crippen LogP contribution >= 0.6 is 22.9 Å². The summed E-state index contributed by atoms with van der Waals surface area (Å²) >= 11 is 7.36. The number of sulfonamides is 1. The van der Waals surface area contributed by atoms with Crippen molar-refractivity contribution in [2.24, 2.45) is 5.14 Å². The number of nitrogens with two attached hydrogens (primary N) is 1. The Balaban J connectivity index is 2.20. The van der Waals surface area contributed by atoms with Gasteiger partial charge in [-0.25, -0.2) is 18.5 Å². The molecule has 2 N–H and O–H groups in total. The lowest BCUT2D eigenvalue weighted by Gasteiger charge is -2.08. The lowest BCUT2D eigenvalue weighted by molar-refractivity contribution is -0.140. The van der Waals surface area contributed by atoms with Crippen molar-refractivity contribution >= 4 is 33.0 Å². The van der Waals surface area contributed by atoms with E-state index in [4.69, 9.17) is 16.7 Å². The Bertz CT molecular complexity index is 1070. The molecule has 138 valence electrons. The first-order valence-electron chi connectivity index (χ1n) is 7.02. The highest BCUT2D eigenvalue weighted by atomic mass is 35.5. The predicted octanol–water partition coefficient (Wildman–Crippen LogP) is 4.23. The molecule has 0 bridgehead atoms. The number of benzene rings is 1. The number of thiophene rings is 1. The van der Waals surface area contributed by atoms with Crippen molar-refractivity contribution in [1.82, 2.24) is 9.55 Å². The molecule has 3 aromatic rings. The van der Waals surface area contributed by atoms with Crippen LogP contribution in [0.4, 0.5) is 13.2 Å². The van der Waals surface area contributed by atoms with Crippen molar-refractivity contribution in [3.63, 3.8) is 0 Å². The van der Waals surface area contributed by atoms with Crippen molar-refractivity contribution in [3.8, 4) is 16.4 Å². The Morgan fingerprint density at radius 1 is 1.23 bits per heavy atom. The molecule has 2 aromatic heterocycles. The number of aryl methyl sites for hydroxylation is 1. The van der Waals surface area contributed by atoms with E-state index in [2.05, 4.69) is 4.98 Å². The summed E-state index contributed by atoms with van der Waals surface area (Å²) in [6, 6.07) is 5.12. The van der Waals surface area contributed by atoms with Gasteiger partial charge in [-0.2, -0.15) is 13.2 Å². The van der Waals surface area contributed by atoms with Crippen LogP contribution in [0.15, 0.2) is 40.7 Å². The van der Waals surface area contributed by atoms with Gasteiger partial charge in [-0.1, -0.05) is 11.6 Å². The van der Waals surface area contributed by atoms with Crippen LogP contribution in [0, 0.1) is 6.92 Å². The summed E-state index contributed by atoms with van der Waals surface area (Å²) in [5.74, 6) is 0.0174. The van der Waals surface area contributed by atoms with Crippen LogP contribution in [0.1, 0.15) is 11.3 Å². The quantitative estimate of drug-likeness (QED) is 0.687. The molecule has 0 amide bonds. The highest BCUT2D eigenvalue weighted by Crippen LogP contribution is 2.39. The van der Waals surface area contributed by atoms with Crippen LogP contribution in [0.5, 0.6) is 0 Å². The van der Waals surface area contributed by atoms with Gasteiger partial charge in [0.1, 0.15) is 0 Å². The highest BCUT2D eigenvalue weighted by Gasteiger charge is 2.35. The SMILES string of the molecule is Cc1csc(-c2nc(C(F)(F)F)cn2-c2ccc(S(N)(=O)=O)cc2)c1Cl. The van der Waals surface area contributed by atoms with Gasteiger partial charge in [0.05, 0.1) is 14.8 Å². The van der Waals surface area contributed by atoms with E-state index in [-0.39, 0.29) is 16.4 Å². The average molecular weight is 422 g/mol. The molecule has 0 saturated carbocycles. The van der Waals surface area contributed by atoms with E-state index in [1.165, 1.54) is 40.2 Å². The van der Waals surface area contributed by atoms with E-state index in [0.717, 1.165) is 11.8 Å². The molecule has 0 atom stereocenters. The molecule has 2 heterocycles. The summed E-state index contributed by atoms with van der Waals surface area (Å²) in [5, 5.41) is 7.07. The van der Waals surface area contributed by atoms with Gasteiger partial charge in [0.15, 0.2) is 11.5 Å². The molecule has 0 fully saturated rings. The Kier molecular flexibility index (Phi) is 4.63. The molecule has 0 spiro atoms. The van der Waals surface area contributed by atoms with Crippen LogP contribution in [-0.2, 0) is 16.2 Å². The maximum atomic E-state index is 13.1. The Morgan fingerprint density at radius 3 is 2.31 bits per heavy atom. The second kappa shape index (κ2) is 6.38. The van der Waals surface area contributed by atoms with Crippen molar-refractivity contribution in [1.29, 1.82) is 0 Å². The smallest absolute Gasteiger partial charge is 0.298 e. The maximum Gasteiger partial charge on any atom is 0.434 e. The zero-order valence-electron chi connectivity index (χ0n) is 13.1. The zero-order valence-corrected chi connectivity index (χ0v) is 15.5. The molecule has 0 saturated heterocycles. The standard InChI is InChI=1S/C15H11ClF3N3O2S2/c1-8-7-25-13(12(8)16)14-21-11(15(17,18)19)6-22(14)9-2-4-10(5-3-9)26(20,23)24/h2-7H,1H3,(H2,20,23,24). The van der Waals surface area contributed by atoms with Gasteiger partial charge in [0.2, 0.25) is 10.0 Å². The molecular weight excluding hydrogens is 411 g/mol. The normalized spacial score (nSPS) is 12.5. The lowest BCUT2D eigenvalue weighted by atomic mass is 10.3. The van der Waals surface area contributed by atoms with E-state index in [1.807, 2.05) is 0 Å². The number of primary sulfonamides is 1. The first-order chi connectivity index (χ1) is 12.0. The van der Waals surface area contributed by atoms with E-state index in [0.29, 0.717) is 9.90 Å². The summed E-state index contributed by atoms with van der Waals surface area (Å²) in [6.07, 6.45) is -3.80. The average Bonchev–Trinajstić information content (AvgIpc) is 3.11. The summed E-state index contributed by atoms with van der Waals surface area (Å²) in [4.78, 5) is 3.93. The van der Waals surface area contributed by atoms with E-state index in [1.54, 1.807) is 12.3 Å². The number of imidazole rings is 1. The number of hydrogen-bond donors (Lipinski definition) is 1. The second-order valence-electron chi connectivity index (χ2n) is 5.42. The van der Waals surface area contributed by atoms with Gasteiger partial charge >= 0.3 is 6.18 Å². The van der Waals surface area contributed by atoms with Gasteiger partial charge < -0.3 is 0 Å².